The third-order valence-corrected chi connectivity index (χ3v) is 7.72. The predicted molar refractivity (Wildman–Crippen MR) is 193 cm³/mol. The Labute approximate surface area is 284 Å². The van der Waals surface area contributed by atoms with Gasteiger partial charge in [0.05, 0.1) is 23.3 Å². The number of nitrogens with zero attached hydrogens (tertiary/aromatic N) is 2. The molecule has 47 heavy (non-hydrogen) atoms. The maximum Gasteiger partial charge on any atom is 0.411 e. The van der Waals surface area contributed by atoms with E-state index in [0.29, 0.717) is 54.1 Å². The standard InChI is InChI=1S/C36H37Cl2N5O4/c1-2-3-20-46-35(44)41-28-22-25(24-47-36(45)40-26-12-14-29(15-13-26)43(18-16-37)19-17-38)21-27(23-28)39-34-30-8-4-6-10-32(30)42-33-11-7-5-9-31(33)34/h4-15,21-23H,2-3,16-20,24H2,1H3,(H,39,42)(H,40,45)(H,41,44). The van der Waals surface area contributed by atoms with E-state index in [-0.39, 0.29) is 6.61 Å². The highest BCUT2D eigenvalue weighted by molar-refractivity contribution is 6.18. The minimum Gasteiger partial charge on any atom is -0.449 e. The molecular formula is C36H37Cl2N5O4. The number of rotatable bonds is 14. The van der Waals surface area contributed by atoms with Crippen molar-refractivity contribution in [2.24, 2.45) is 0 Å². The van der Waals surface area contributed by atoms with E-state index in [1.807, 2.05) is 79.7 Å². The number of benzene rings is 4. The topological polar surface area (TPSA) is 105 Å². The summed E-state index contributed by atoms with van der Waals surface area (Å²) >= 11 is 11.9. The number of hydrogen-bond donors (Lipinski definition) is 3. The van der Waals surface area contributed by atoms with Crippen molar-refractivity contribution in [2.45, 2.75) is 26.4 Å². The molecule has 4 aromatic carbocycles. The Balaban J connectivity index is 1.35. The summed E-state index contributed by atoms with van der Waals surface area (Å²) in [7, 11) is 0. The van der Waals surface area contributed by atoms with Crippen LogP contribution >= 0.6 is 23.2 Å². The van der Waals surface area contributed by atoms with Crippen LogP contribution in [0, 0.1) is 0 Å². The number of amides is 2. The summed E-state index contributed by atoms with van der Waals surface area (Å²) in [6, 6.07) is 28.6. The van der Waals surface area contributed by atoms with Gasteiger partial charge in [-0.15, -0.1) is 23.2 Å². The van der Waals surface area contributed by atoms with Crippen molar-refractivity contribution >= 4 is 85.6 Å². The van der Waals surface area contributed by atoms with Crippen LogP contribution in [0.25, 0.3) is 21.8 Å². The Morgan fingerprint density at radius 3 is 1.98 bits per heavy atom. The summed E-state index contributed by atoms with van der Waals surface area (Å²) in [6.45, 7) is 3.63. The van der Waals surface area contributed by atoms with Crippen LogP contribution in [0.5, 0.6) is 0 Å². The van der Waals surface area contributed by atoms with Crippen LogP contribution in [0.1, 0.15) is 25.3 Å². The van der Waals surface area contributed by atoms with Crippen LogP contribution in [-0.2, 0) is 16.1 Å². The van der Waals surface area contributed by atoms with Gasteiger partial charge in [-0.05, 0) is 66.6 Å². The number of nitrogens with one attached hydrogen (secondary N) is 3. The van der Waals surface area contributed by atoms with E-state index in [1.54, 1.807) is 18.2 Å². The van der Waals surface area contributed by atoms with Crippen molar-refractivity contribution in [1.29, 1.82) is 0 Å². The van der Waals surface area contributed by atoms with E-state index in [4.69, 9.17) is 37.7 Å². The van der Waals surface area contributed by atoms with Crippen molar-refractivity contribution in [1.82, 2.24) is 4.98 Å². The molecule has 11 heteroatoms. The molecule has 1 aromatic heterocycles. The van der Waals surface area contributed by atoms with Crippen LogP contribution in [-0.4, -0.2) is 48.6 Å². The molecule has 0 aliphatic heterocycles. The number of anilines is 5. The summed E-state index contributed by atoms with van der Waals surface area (Å²) in [5.74, 6) is 0.958. The fourth-order valence-corrected chi connectivity index (χ4v) is 5.54. The van der Waals surface area contributed by atoms with Crippen molar-refractivity contribution in [3.05, 3.63) is 96.6 Å². The molecule has 0 atom stereocenters. The lowest BCUT2D eigenvalue weighted by molar-refractivity contribution is 0.154. The molecule has 3 N–H and O–H groups in total. The van der Waals surface area contributed by atoms with Gasteiger partial charge < -0.3 is 19.7 Å². The van der Waals surface area contributed by atoms with Crippen LogP contribution < -0.4 is 20.9 Å². The third-order valence-electron chi connectivity index (χ3n) is 7.38. The van der Waals surface area contributed by atoms with Gasteiger partial charge in [0.1, 0.15) is 6.61 Å². The number of pyridine rings is 1. The van der Waals surface area contributed by atoms with Gasteiger partial charge in [0.2, 0.25) is 0 Å². The number of aromatic nitrogens is 1. The van der Waals surface area contributed by atoms with Gasteiger partial charge in [0.15, 0.2) is 0 Å². The average molecular weight is 675 g/mol. The highest BCUT2D eigenvalue weighted by atomic mass is 35.5. The van der Waals surface area contributed by atoms with Crippen molar-refractivity contribution in [3.63, 3.8) is 0 Å². The van der Waals surface area contributed by atoms with E-state index in [2.05, 4.69) is 20.9 Å². The lowest BCUT2D eigenvalue weighted by Gasteiger charge is -2.23. The van der Waals surface area contributed by atoms with Gasteiger partial charge >= 0.3 is 12.2 Å². The minimum atomic E-state index is -0.617. The number of hydrogen-bond acceptors (Lipinski definition) is 7. The first-order chi connectivity index (χ1) is 23.0. The monoisotopic (exact) mass is 673 g/mol. The molecule has 0 bridgehead atoms. The van der Waals surface area contributed by atoms with Gasteiger partial charge in [-0.25, -0.2) is 14.6 Å². The van der Waals surface area contributed by atoms with E-state index in [9.17, 15) is 9.59 Å². The zero-order valence-electron chi connectivity index (χ0n) is 26.1. The van der Waals surface area contributed by atoms with E-state index in [0.717, 1.165) is 46.0 Å². The SMILES string of the molecule is CCCCOC(=O)Nc1cc(COC(=O)Nc2ccc(N(CCCl)CCCl)cc2)cc(Nc2c3ccccc3nc3ccccc23)c1. The molecule has 2 amide bonds. The summed E-state index contributed by atoms with van der Waals surface area (Å²) in [4.78, 5) is 32.2. The predicted octanol–water partition coefficient (Wildman–Crippen LogP) is 9.51. The third kappa shape index (κ3) is 9.18. The zero-order chi connectivity index (χ0) is 33.0. The number of fused-ring (bicyclic) bond motifs is 2. The number of ether oxygens (including phenoxy) is 2. The second kappa shape index (κ2) is 16.7. The minimum absolute atomic E-state index is 0.0456. The number of carbonyl (C=O) groups excluding carboxylic acids is 2. The van der Waals surface area contributed by atoms with E-state index in [1.165, 1.54) is 0 Å². The van der Waals surface area contributed by atoms with Crippen molar-refractivity contribution in [3.8, 4) is 0 Å². The first-order valence-electron chi connectivity index (χ1n) is 15.5. The first kappa shape index (κ1) is 33.6. The van der Waals surface area contributed by atoms with E-state index >= 15 is 0 Å². The second-order valence-electron chi connectivity index (χ2n) is 10.8. The molecule has 0 unspecified atom stereocenters. The molecule has 244 valence electrons. The smallest absolute Gasteiger partial charge is 0.411 e. The van der Waals surface area contributed by atoms with Crippen LogP contribution in [0.4, 0.5) is 38.0 Å². The molecule has 0 radical (unpaired) electrons. The number of para-hydroxylation sites is 2. The maximum atomic E-state index is 12.8. The summed E-state index contributed by atoms with van der Waals surface area (Å²) in [5, 5.41) is 11.0. The van der Waals surface area contributed by atoms with Crippen LogP contribution in [0.15, 0.2) is 91.0 Å². The fourth-order valence-electron chi connectivity index (χ4n) is 5.13. The number of halogens is 2. The first-order valence-corrected chi connectivity index (χ1v) is 16.6. The second-order valence-corrected chi connectivity index (χ2v) is 11.5. The largest absolute Gasteiger partial charge is 0.449 e. The van der Waals surface area contributed by atoms with Gasteiger partial charge in [-0.2, -0.15) is 0 Å². The highest BCUT2D eigenvalue weighted by Crippen LogP contribution is 2.34. The normalized spacial score (nSPS) is 10.9. The van der Waals surface area contributed by atoms with Gasteiger partial charge in [-0.3, -0.25) is 10.6 Å². The molecule has 5 rings (SSSR count). The van der Waals surface area contributed by atoms with Crippen molar-refractivity contribution in [2.75, 3.05) is 52.3 Å². The molecule has 0 aliphatic rings. The summed E-state index contributed by atoms with van der Waals surface area (Å²) in [5.41, 5.74) is 5.95. The lowest BCUT2D eigenvalue weighted by atomic mass is 10.1. The fraction of sp³-hybridized carbons (Fsp3) is 0.250. The highest BCUT2D eigenvalue weighted by Gasteiger charge is 2.13. The molecule has 9 nitrogen and oxygen atoms in total. The molecule has 5 aromatic rings. The molecule has 0 saturated heterocycles. The molecule has 0 saturated carbocycles. The number of unbranched alkanes of at least 4 members (excludes halogenated alkanes) is 1. The molecule has 0 spiro atoms. The number of alkyl halides is 2. The molecule has 0 fully saturated rings. The number of carbonyl (C=O) groups is 2. The molecular weight excluding hydrogens is 637 g/mol. The van der Waals surface area contributed by atoms with Gasteiger partial charge in [-0.1, -0.05) is 49.7 Å². The van der Waals surface area contributed by atoms with Gasteiger partial charge in [0.25, 0.3) is 0 Å². The molecule has 0 aliphatic carbocycles. The zero-order valence-corrected chi connectivity index (χ0v) is 27.6. The Bertz CT molecular complexity index is 1760. The summed E-state index contributed by atoms with van der Waals surface area (Å²) in [6.07, 6.45) is 0.510. The lowest BCUT2D eigenvalue weighted by Crippen LogP contribution is -2.27. The quantitative estimate of drug-likeness (QED) is 0.0612. The Kier molecular flexibility index (Phi) is 12.0. The Hall–Kier alpha value is -4.73. The average Bonchev–Trinajstić information content (AvgIpc) is 3.07. The van der Waals surface area contributed by atoms with E-state index < -0.39 is 12.2 Å². The maximum absolute atomic E-state index is 12.8. The summed E-state index contributed by atoms with van der Waals surface area (Å²) < 4.78 is 10.9. The van der Waals surface area contributed by atoms with Crippen LogP contribution in [0.3, 0.4) is 0 Å². The van der Waals surface area contributed by atoms with Crippen molar-refractivity contribution < 1.29 is 19.1 Å². The van der Waals surface area contributed by atoms with Crippen LogP contribution in [0.2, 0.25) is 0 Å². The Morgan fingerprint density at radius 2 is 1.34 bits per heavy atom. The molecule has 1 heterocycles. The Morgan fingerprint density at radius 1 is 0.745 bits per heavy atom. The van der Waals surface area contributed by atoms with Gasteiger partial charge in [0, 0.05) is 58.4 Å².